The van der Waals surface area contributed by atoms with Crippen LogP contribution in [0.4, 0.5) is 38.0 Å². The Hall–Kier alpha value is -5.58. The number of benzene rings is 4. The van der Waals surface area contributed by atoms with Gasteiger partial charge in [-0.1, -0.05) is 37.8 Å². The quantitative estimate of drug-likeness (QED) is 0.139. The van der Waals surface area contributed by atoms with Gasteiger partial charge in [-0.2, -0.15) is 36.5 Å². The van der Waals surface area contributed by atoms with Gasteiger partial charge in [-0.25, -0.2) is 0 Å². The predicted octanol–water partition coefficient (Wildman–Crippen LogP) is 2.75. The zero-order valence-electron chi connectivity index (χ0n) is 34.4. The zero-order valence-corrected chi connectivity index (χ0v) is 34.4. The number of hydrogen-bond acceptors (Lipinski definition) is 10. The third-order valence-electron chi connectivity index (χ3n) is 10.4. The molecular weight excluding hydrogens is 825 g/mol. The van der Waals surface area contributed by atoms with E-state index in [1.165, 1.54) is 24.3 Å². The normalized spacial score (nSPS) is 14.7. The summed E-state index contributed by atoms with van der Waals surface area (Å²) in [6.07, 6.45) is -8.63. The summed E-state index contributed by atoms with van der Waals surface area (Å²) in [5.74, 6) is 0.313. The molecule has 0 bridgehead atoms. The molecule has 1 amide bonds. The number of likely N-dealkylation sites (N-methyl/N-ethyl adjacent to an activating group) is 2. The van der Waals surface area contributed by atoms with E-state index < -0.39 is 29.4 Å². The summed E-state index contributed by atoms with van der Waals surface area (Å²) in [7, 11) is 4.20. The van der Waals surface area contributed by atoms with Crippen molar-refractivity contribution in [1.82, 2.24) is 35.5 Å². The van der Waals surface area contributed by atoms with E-state index >= 15 is 0 Å². The number of nitrogens with zero attached hydrogens (tertiary/aromatic N) is 6. The zero-order chi connectivity index (χ0) is 43.9. The fourth-order valence-corrected chi connectivity index (χ4v) is 6.72. The van der Waals surface area contributed by atoms with Gasteiger partial charge in [-0.05, 0) is 85.4 Å². The summed E-state index contributed by atoms with van der Waals surface area (Å²) in [5.41, 5.74) is 7.30. The SMILES string of the molecule is C.CN1CCN(c2n[nH]c3cc(C(=O)NCc4ccc(C(F)(F)F)cc4)ccc23)CC1.CN1CCN(c2n[nH]c3cc(C(=O)[O-])ccc23)CC1.NCc1ccc(C(F)(F)F)cc1.[Li+]. The van der Waals surface area contributed by atoms with Gasteiger partial charge in [-0.3, -0.25) is 15.0 Å². The van der Waals surface area contributed by atoms with Gasteiger partial charge in [0, 0.05) is 81.8 Å². The van der Waals surface area contributed by atoms with Gasteiger partial charge in [0.15, 0.2) is 11.6 Å². The molecule has 6 aromatic rings. The number of carboxylic acids is 1. The molecule has 0 aliphatic carbocycles. The molecule has 13 nitrogen and oxygen atoms in total. The number of H-pyrrole nitrogens is 2. The van der Waals surface area contributed by atoms with Crippen LogP contribution in [0.15, 0.2) is 84.9 Å². The Balaban J connectivity index is 0.000000226. The van der Waals surface area contributed by atoms with Gasteiger partial charge in [0.1, 0.15) is 0 Å². The minimum Gasteiger partial charge on any atom is -0.545 e. The van der Waals surface area contributed by atoms with Crippen molar-refractivity contribution < 1.29 is 59.9 Å². The van der Waals surface area contributed by atoms with Crippen molar-refractivity contribution in [2.75, 3.05) is 76.3 Å². The number of hydrogen-bond donors (Lipinski definition) is 4. The number of rotatable bonds is 7. The van der Waals surface area contributed by atoms with E-state index in [2.05, 4.69) is 59.4 Å². The van der Waals surface area contributed by atoms with E-state index in [1.807, 2.05) is 6.07 Å². The van der Waals surface area contributed by atoms with Crippen molar-refractivity contribution in [3.63, 3.8) is 0 Å². The van der Waals surface area contributed by atoms with Crippen LogP contribution < -0.4 is 44.8 Å². The van der Waals surface area contributed by atoms with Crippen molar-refractivity contribution in [1.29, 1.82) is 0 Å². The molecular formula is C43H49F6LiN10O3. The Kier molecular flexibility index (Phi) is 17.2. The van der Waals surface area contributed by atoms with Gasteiger partial charge in [-0.15, -0.1) is 0 Å². The third-order valence-corrected chi connectivity index (χ3v) is 10.4. The van der Waals surface area contributed by atoms with E-state index in [-0.39, 0.29) is 50.8 Å². The van der Waals surface area contributed by atoms with E-state index in [0.29, 0.717) is 16.7 Å². The molecule has 2 fully saturated rings. The molecule has 63 heavy (non-hydrogen) atoms. The minimum atomic E-state index is -4.37. The van der Waals surface area contributed by atoms with Crippen LogP contribution in [0.2, 0.25) is 0 Å². The molecule has 4 aromatic carbocycles. The summed E-state index contributed by atoms with van der Waals surface area (Å²) < 4.78 is 73.9. The molecule has 2 aliphatic heterocycles. The second-order valence-corrected chi connectivity index (χ2v) is 14.8. The summed E-state index contributed by atoms with van der Waals surface area (Å²) in [4.78, 5) is 32.3. The Bertz CT molecular complexity index is 2410. The Labute approximate surface area is 372 Å². The molecule has 0 radical (unpaired) electrons. The maximum atomic E-state index is 12.6. The summed E-state index contributed by atoms with van der Waals surface area (Å²) in [6.45, 7) is 8.01. The number of aromatic nitrogens is 4. The Morgan fingerprint density at radius 3 is 1.44 bits per heavy atom. The van der Waals surface area contributed by atoms with Crippen molar-refractivity contribution >= 4 is 45.3 Å². The number of aromatic carboxylic acids is 1. The molecule has 8 rings (SSSR count). The van der Waals surface area contributed by atoms with Crippen molar-refractivity contribution in [2.24, 2.45) is 5.73 Å². The first-order valence-electron chi connectivity index (χ1n) is 19.3. The van der Waals surface area contributed by atoms with Crippen LogP contribution in [0.1, 0.15) is 50.4 Å². The van der Waals surface area contributed by atoms with E-state index in [1.54, 1.807) is 30.3 Å². The first-order chi connectivity index (χ1) is 29.0. The standard InChI is InChI=1S/C21H22F3N5O.C13H16N4O2.C8H8F3N.CH4.Li/c1-28-8-10-29(11-9-28)19-17-7-4-15(12-18(17)26-27-19)20(30)25-13-14-2-5-16(6-3-14)21(22,23)24;1-16-4-6-17(7-5-16)12-10-3-2-9(13(18)19)8-11(10)14-15-12;9-8(10,11)7-3-1-6(5-12)2-4-7;;/h2-7,12H,8-11,13H2,1H3,(H,25,30)(H,26,27);2-3,8H,4-7H2,1H3,(H,14,15)(H,18,19);1-4H,5,12H2;1H4;/q;;;;+1/p-1. The van der Waals surface area contributed by atoms with Crippen molar-refractivity contribution in [3.8, 4) is 0 Å². The van der Waals surface area contributed by atoms with Crippen LogP contribution >= 0.6 is 0 Å². The summed E-state index contributed by atoms with van der Waals surface area (Å²) >= 11 is 0. The number of nitrogens with two attached hydrogens (primary N) is 1. The van der Waals surface area contributed by atoms with Crippen LogP contribution in [0.25, 0.3) is 21.8 Å². The van der Waals surface area contributed by atoms with Crippen LogP contribution in [0.5, 0.6) is 0 Å². The first kappa shape index (κ1) is 50.1. The molecule has 332 valence electrons. The Morgan fingerprint density at radius 1 is 0.651 bits per heavy atom. The molecule has 2 aromatic heterocycles. The molecule has 20 heteroatoms. The number of amides is 1. The minimum absolute atomic E-state index is 0. The number of carboxylic acid groups (broad SMARTS) is 1. The van der Waals surface area contributed by atoms with Gasteiger partial charge in [0.05, 0.1) is 28.1 Å². The van der Waals surface area contributed by atoms with Gasteiger partial charge >= 0.3 is 31.2 Å². The second kappa shape index (κ2) is 21.7. The molecule has 2 aliphatic rings. The summed E-state index contributed by atoms with van der Waals surface area (Å²) in [5, 5.41) is 30.1. The number of anilines is 2. The molecule has 0 saturated carbocycles. The maximum absolute atomic E-state index is 12.6. The number of aromatic amines is 2. The molecule has 2 saturated heterocycles. The van der Waals surface area contributed by atoms with Crippen LogP contribution in [-0.4, -0.2) is 109 Å². The average Bonchev–Trinajstić information content (AvgIpc) is 3.87. The first-order valence-corrected chi connectivity index (χ1v) is 19.3. The number of carbonyl (C=O) groups is 2. The van der Waals surface area contributed by atoms with Gasteiger partial charge in [0.2, 0.25) is 0 Å². The molecule has 4 heterocycles. The van der Waals surface area contributed by atoms with Gasteiger partial charge in [0.25, 0.3) is 5.91 Å². The second-order valence-electron chi connectivity index (χ2n) is 14.8. The monoisotopic (exact) mass is 874 g/mol. The number of alkyl halides is 6. The number of halogens is 6. The molecule has 5 N–H and O–H groups in total. The van der Waals surface area contributed by atoms with Crippen molar-refractivity contribution in [2.45, 2.75) is 32.9 Å². The third kappa shape index (κ3) is 13.0. The fraction of sp³-hybridized carbons (Fsp3) is 0.349. The van der Waals surface area contributed by atoms with E-state index in [0.717, 1.165) is 110 Å². The Morgan fingerprint density at radius 2 is 1.05 bits per heavy atom. The van der Waals surface area contributed by atoms with E-state index in [9.17, 15) is 41.0 Å². The van der Waals surface area contributed by atoms with Crippen LogP contribution in [-0.2, 0) is 25.4 Å². The van der Waals surface area contributed by atoms with Crippen LogP contribution in [0, 0.1) is 0 Å². The fourth-order valence-electron chi connectivity index (χ4n) is 6.72. The largest absolute Gasteiger partial charge is 1.00 e. The van der Waals surface area contributed by atoms with Crippen molar-refractivity contribution in [3.05, 3.63) is 118 Å². The number of nitrogens with one attached hydrogen (secondary N) is 3. The van der Waals surface area contributed by atoms with Crippen LogP contribution in [0.3, 0.4) is 0 Å². The number of fused-ring (bicyclic) bond motifs is 2. The van der Waals surface area contributed by atoms with E-state index in [4.69, 9.17) is 5.73 Å². The summed E-state index contributed by atoms with van der Waals surface area (Å²) in [6, 6.07) is 19.8. The molecule has 0 atom stereocenters. The molecule has 0 spiro atoms. The predicted molar refractivity (Wildman–Crippen MR) is 225 cm³/mol. The van der Waals surface area contributed by atoms with Gasteiger partial charge < -0.3 is 40.6 Å². The average molecular weight is 875 g/mol. The number of piperazine rings is 2. The molecule has 0 unspecified atom stereocenters. The topological polar surface area (TPSA) is 166 Å². The number of carbonyl (C=O) groups excluding carboxylic acids is 2. The maximum Gasteiger partial charge on any atom is 1.00 e. The smallest absolute Gasteiger partial charge is 0.545 e.